The van der Waals surface area contributed by atoms with E-state index in [-0.39, 0.29) is 6.23 Å². The number of rotatable bonds is 4. The zero-order chi connectivity index (χ0) is 22.0. The summed E-state index contributed by atoms with van der Waals surface area (Å²) in [6.07, 6.45) is 6.88. The first-order valence-electron chi connectivity index (χ1n) is 12.0. The van der Waals surface area contributed by atoms with Crippen LogP contribution in [-0.2, 0) is 14.2 Å². The van der Waals surface area contributed by atoms with Gasteiger partial charge in [0.2, 0.25) is 0 Å². The molecule has 0 bridgehead atoms. The fraction of sp³-hybridized carbons (Fsp3) is 0.542. The summed E-state index contributed by atoms with van der Waals surface area (Å²) >= 11 is 0. The molecular formula is C24H30N6O3. The SMILES string of the molecule is c1cc2c(N3CCOCC3)cc(N3CCOCC3)nc2c(-c2ccnn2C2CCCCO2)n1. The minimum absolute atomic E-state index is 0.0538. The fourth-order valence-electron chi connectivity index (χ4n) is 4.98. The lowest BCUT2D eigenvalue weighted by Gasteiger charge is -2.33. The van der Waals surface area contributed by atoms with Crippen LogP contribution in [0.25, 0.3) is 22.3 Å². The van der Waals surface area contributed by atoms with Gasteiger partial charge in [0.05, 0.1) is 37.8 Å². The first kappa shape index (κ1) is 20.8. The number of ether oxygens (including phenoxy) is 3. The number of nitrogens with zero attached hydrogens (tertiary/aromatic N) is 6. The van der Waals surface area contributed by atoms with Gasteiger partial charge in [0.1, 0.15) is 17.0 Å². The largest absolute Gasteiger partial charge is 0.378 e. The molecule has 3 aromatic rings. The first-order chi connectivity index (χ1) is 16.4. The zero-order valence-electron chi connectivity index (χ0n) is 18.9. The normalized spacial score (nSPS) is 22.1. The van der Waals surface area contributed by atoms with Crippen LogP contribution in [0, 0.1) is 0 Å². The highest BCUT2D eigenvalue weighted by Crippen LogP contribution is 2.36. The van der Waals surface area contributed by atoms with E-state index in [0.29, 0.717) is 0 Å². The van der Waals surface area contributed by atoms with E-state index in [2.05, 4.69) is 27.0 Å². The van der Waals surface area contributed by atoms with Gasteiger partial charge in [-0.05, 0) is 31.4 Å². The van der Waals surface area contributed by atoms with Crippen LogP contribution >= 0.6 is 0 Å². The van der Waals surface area contributed by atoms with E-state index in [1.165, 1.54) is 5.69 Å². The molecule has 33 heavy (non-hydrogen) atoms. The maximum Gasteiger partial charge on any atom is 0.150 e. The minimum Gasteiger partial charge on any atom is -0.378 e. The molecule has 0 aromatic carbocycles. The molecule has 3 aliphatic heterocycles. The molecule has 9 nitrogen and oxygen atoms in total. The third-order valence-electron chi connectivity index (χ3n) is 6.72. The van der Waals surface area contributed by atoms with Crippen molar-refractivity contribution in [2.75, 3.05) is 69.0 Å². The summed E-state index contributed by atoms with van der Waals surface area (Å²) in [6.45, 7) is 7.10. The van der Waals surface area contributed by atoms with Crippen LogP contribution in [0.4, 0.5) is 11.5 Å². The summed E-state index contributed by atoms with van der Waals surface area (Å²) in [5.41, 5.74) is 3.89. The molecule has 9 heteroatoms. The van der Waals surface area contributed by atoms with Gasteiger partial charge in [-0.1, -0.05) is 0 Å². The highest BCUT2D eigenvalue weighted by Gasteiger charge is 2.25. The van der Waals surface area contributed by atoms with E-state index < -0.39 is 0 Å². The first-order valence-corrected chi connectivity index (χ1v) is 12.0. The molecule has 0 radical (unpaired) electrons. The van der Waals surface area contributed by atoms with Crippen LogP contribution < -0.4 is 9.80 Å². The number of morpholine rings is 2. The molecule has 3 aromatic heterocycles. The van der Waals surface area contributed by atoms with Gasteiger partial charge in [-0.25, -0.2) is 9.67 Å². The number of fused-ring (bicyclic) bond motifs is 1. The molecule has 0 N–H and O–H groups in total. The van der Waals surface area contributed by atoms with Gasteiger partial charge < -0.3 is 24.0 Å². The predicted octanol–water partition coefficient (Wildman–Crippen LogP) is 2.87. The molecule has 3 aliphatic rings. The summed E-state index contributed by atoms with van der Waals surface area (Å²) in [5.74, 6) is 0.974. The minimum atomic E-state index is -0.0538. The highest BCUT2D eigenvalue weighted by atomic mass is 16.5. The van der Waals surface area contributed by atoms with Crippen molar-refractivity contribution in [3.8, 4) is 11.4 Å². The second kappa shape index (κ2) is 9.24. The Kier molecular flexibility index (Phi) is 5.83. The molecule has 6 heterocycles. The number of pyridine rings is 2. The Morgan fingerprint density at radius 2 is 1.64 bits per heavy atom. The van der Waals surface area contributed by atoms with Crippen molar-refractivity contribution in [2.24, 2.45) is 0 Å². The Bertz CT molecular complexity index is 1100. The molecule has 0 aliphatic carbocycles. The van der Waals surface area contributed by atoms with E-state index in [0.717, 1.165) is 107 Å². The third kappa shape index (κ3) is 4.05. The average Bonchev–Trinajstić information content (AvgIpc) is 3.39. The van der Waals surface area contributed by atoms with E-state index in [9.17, 15) is 0 Å². The molecule has 0 spiro atoms. The maximum absolute atomic E-state index is 6.04. The quantitative estimate of drug-likeness (QED) is 0.601. The number of aromatic nitrogens is 4. The van der Waals surface area contributed by atoms with E-state index >= 15 is 0 Å². The molecule has 174 valence electrons. The molecule has 1 atom stereocenters. The van der Waals surface area contributed by atoms with Gasteiger partial charge >= 0.3 is 0 Å². The summed E-state index contributed by atoms with van der Waals surface area (Å²) in [6, 6.07) is 6.33. The van der Waals surface area contributed by atoms with Crippen molar-refractivity contribution >= 4 is 22.4 Å². The average molecular weight is 451 g/mol. The van der Waals surface area contributed by atoms with Crippen molar-refractivity contribution < 1.29 is 14.2 Å². The Morgan fingerprint density at radius 1 is 0.848 bits per heavy atom. The zero-order valence-corrected chi connectivity index (χ0v) is 18.9. The Balaban J connectivity index is 1.50. The molecule has 0 saturated carbocycles. The van der Waals surface area contributed by atoms with Crippen LogP contribution in [0.5, 0.6) is 0 Å². The summed E-state index contributed by atoms with van der Waals surface area (Å²) in [7, 11) is 0. The number of hydrogen-bond acceptors (Lipinski definition) is 8. The summed E-state index contributed by atoms with van der Waals surface area (Å²) < 4.78 is 19.2. The fourth-order valence-corrected chi connectivity index (χ4v) is 4.98. The lowest BCUT2D eigenvalue weighted by atomic mass is 10.1. The number of anilines is 2. The standard InChI is InChI=1S/C24H30N6O3/c1-2-12-33-22(3-1)30-19(5-7-26-30)24-23-18(4-6-25-24)20(28-8-13-31-14-9-28)17-21(27-23)29-10-15-32-16-11-29/h4-7,17,22H,1-3,8-16H2. The van der Waals surface area contributed by atoms with Gasteiger partial charge in [-0.3, -0.25) is 4.98 Å². The third-order valence-corrected chi connectivity index (χ3v) is 6.72. The second-order valence-electron chi connectivity index (χ2n) is 8.74. The maximum atomic E-state index is 6.04. The van der Waals surface area contributed by atoms with Gasteiger partial charge in [-0.15, -0.1) is 0 Å². The lowest BCUT2D eigenvalue weighted by molar-refractivity contribution is -0.0383. The van der Waals surface area contributed by atoms with Crippen LogP contribution in [0.1, 0.15) is 25.5 Å². The monoisotopic (exact) mass is 450 g/mol. The van der Waals surface area contributed by atoms with E-state index in [1.54, 1.807) is 0 Å². The number of hydrogen-bond donors (Lipinski definition) is 0. The molecular weight excluding hydrogens is 420 g/mol. The van der Waals surface area contributed by atoms with Crippen LogP contribution in [0.3, 0.4) is 0 Å². The lowest BCUT2D eigenvalue weighted by Crippen LogP contribution is -2.38. The molecule has 3 fully saturated rings. The van der Waals surface area contributed by atoms with Gasteiger partial charge in [0.25, 0.3) is 0 Å². The molecule has 1 unspecified atom stereocenters. The Labute approximate surface area is 193 Å². The van der Waals surface area contributed by atoms with Gasteiger partial charge in [-0.2, -0.15) is 5.10 Å². The van der Waals surface area contributed by atoms with Crippen molar-refractivity contribution in [2.45, 2.75) is 25.5 Å². The Morgan fingerprint density at radius 3 is 2.39 bits per heavy atom. The Hall–Kier alpha value is -2.75. The predicted molar refractivity (Wildman–Crippen MR) is 126 cm³/mol. The van der Waals surface area contributed by atoms with Crippen LogP contribution in [-0.4, -0.2) is 79.0 Å². The highest BCUT2D eigenvalue weighted by molar-refractivity contribution is 6.00. The second-order valence-corrected chi connectivity index (χ2v) is 8.74. The molecule has 0 amide bonds. The summed E-state index contributed by atoms with van der Waals surface area (Å²) in [4.78, 5) is 14.7. The van der Waals surface area contributed by atoms with Gasteiger partial charge in [0.15, 0.2) is 6.23 Å². The van der Waals surface area contributed by atoms with E-state index in [1.807, 2.05) is 23.1 Å². The smallest absolute Gasteiger partial charge is 0.150 e. The molecule has 3 saturated heterocycles. The van der Waals surface area contributed by atoms with Crippen LogP contribution in [0.2, 0.25) is 0 Å². The van der Waals surface area contributed by atoms with E-state index in [4.69, 9.17) is 24.2 Å². The topological polar surface area (TPSA) is 77.8 Å². The van der Waals surface area contributed by atoms with Crippen molar-refractivity contribution in [3.05, 3.63) is 30.6 Å². The van der Waals surface area contributed by atoms with Crippen molar-refractivity contribution in [3.63, 3.8) is 0 Å². The van der Waals surface area contributed by atoms with Crippen molar-refractivity contribution in [1.29, 1.82) is 0 Å². The van der Waals surface area contributed by atoms with Gasteiger partial charge in [0, 0.05) is 56.6 Å². The summed E-state index contributed by atoms with van der Waals surface area (Å²) in [5, 5.41) is 5.73. The van der Waals surface area contributed by atoms with Crippen LogP contribution in [0.15, 0.2) is 30.6 Å². The van der Waals surface area contributed by atoms with Crippen molar-refractivity contribution in [1.82, 2.24) is 19.7 Å². The molecule has 6 rings (SSSR count).